The summed E-state index contributed by atoms with van der Waals surface area (Å²) in [5.74, 6) is 1.69. The molecule has 0 aliphatic carbocycles. The Hall–Kier alpha value is -3.74. The number of rotatable bonds is 5. The molecule has 2 aromatic heterocycles. The molecule has 128 valence electrons. The fourth-order valence-corrected chi connectivity index (χ4v) is 2.55. The Balaban J connectivity index is 1.62. The van der Waals surface area contributed by atoms with E-state index in [0.717, 1.165) is 22.5 Å². The predicted octanol–water partition coefficient (Wildman–Crippen LogP) is 3.95. The van der Waals surface area contributed by atoms with Crippen molar-refractivity contribution in [3.8, 4) is 28.3 Å². The third kappa shape index (κ3) is 3.23. The smallest absolute Gasteiger partial charge is 0.247 e. The molecule has 0 aliphatic rings. The highest BCUT2D eigenvalue weighted by atomic mass is 16.5. The number of hydrogen-bond donors (Lipinski definition) is 1. The summed E-state index contributed by atoms with van der Waals surface area (Å²) in [7, 11) is 1.60. The zero-order chi connectivity index (χ0) is 17.8. The van der Waals surface area contributed by atoms with Gasteiger partial charge in [-0.05, 0) is 12.1 Å². The van der Waals surface area contributed by atoms with Gasteiger partial charge < -0.3 is 14.5 Å². The van der Waals surface area contributed by atoms with Crippen LogP contribution in [0, 0.1) is 0 Å². The molecule has 0 saturated carbocycles. The molecule has 0 atom stereocenters. The van der Waals surface area contributed by atoms with Crippen molar-refractivity contribution in [1.29, 1.82) is 0 Å². The maximum atomic E-state index is 5.46. The van der Waals surface area contributed by atoms with Gasteiger partial charge in [-0.2, -0.15) is 5.10 Å². The van der Waals surface area contributed by atoms with Crippen LogP contribution < -0.4 is 10.1 Å². The molecule has 2 heterocycles. The van der Waals surface area contributed by atoms with Gasteiger partial charge >= 0.3 is 0 Å². The maximum absolute atomic E-state index is 5.46. The van der Waals surface area contributed by atoms with Crippen LogP contribution in [0.25, 0.3) is 22.6 Å². The van der Waals surface area contributed by atoms with Crippen molar-refractivity contribution in [1.82, 2.24) is 20.2 Å². The Labute approximate surface area is 149 Å². The molecule has 0 aliphatic heterocycles. The van der Waals surface area contributed by atoms with Crippen LogP contribution in [0.5, 0.6) is 5.75 Å². The van der Waals surface area contributed by atoms with Crippen molar-refractivity contribution in [2.75, 3.05) is 12.4 Å². The second-order valence-corrected chi connectivity index (χ2v) is 5.44. The number of benzene rings is 2. The van der Waals surface area contributed by atoms with Gasteiger partial charge in [-0.25, -0.2) is 9.97 Å². The minimum atomic E-state index is 0.404. The summed E-state index contributed by atoms with van der Waals surface area (Å²) < 4.78 is 10.8. The molecule has 0 saturated heterocycles. The van der Waals surface area contributed by atoms with Crippen molar-refractivity contribution in [3.63, 3.8) is 0 Å². The first-order chi connectivity index (χ1) is 12.8. The van der Waals surface area contributed by atoms with Gasteiger partial charge in [0, 0.05) is 17.3 Å². The Morgan fingerprint density at radius 2 is 1.92 bits per heavy atom. The van der Waals surface area contributed by atoms with Crippen molar-refractivity contribution in [2.45, 2.75) is 0 Å². The van der Waals surface area contributed by atoms with E-state index in [2.05, 4.69) is 25.5 Å². The Bertz CT molecular complexity index is 1000. The fourth-order valence-electron chi connectivity index (χ4n) is 2.55. The van der Waals surface area contributed by atoms with Crippen LogP contribution in [0.3, 0.4) is 0 Å². The van der Waals surface area contributed by atoms with Crippen LogP contribution >= 0.6 is 0 Å². The average Bonchev–Trinajstić information content (AvgIpc) is 3.23. The van der Waals surface area contributed by atoms with Gasteiger partial charge in [0.15, 0.2) is 12.2 Å². The molecule has 0 unspecified atom stereocenters. The highest BCUT2D eigenvalue weighted by molar-refractivity contribution is 5.71. The van der Waals surface area contributed by atoms with Crippen LogP contribution in [0.15, 0.2) is 71.7 Å². The minimum Gasteiger partial charge on any atom is -0.496 e. The molecule has 26 heavy (non-hydrogen) atoms. The van der Waals surface area contributed by atoms with Gasteiger partial charge in [0.2, 0.25) is 5.95 Å². The van der Waals surface area contributed by atoms with Gasteiger partial charge in [-0.15, -0.1) is 5.10 Å². The molecule has 0 amide bonds. The lowest BCUT2D eigenvalue weighted by molar-refractivity contribution is 0.415. The average molecular weight is 345 g/mol. The highest BCUT2D eigenvalue weighted by Gasteiger charge is 2.11. The van der Waals surface area contributed by atoms with Crippen molar-refractivity contribution < 1.29 is 9.15 Å². The van der Waals surface area contributed by atoms with E-state index in [0.29, 0.717) is 17.5 Å². The Morgan fingerprint density at radius 1 is 1.04 bits per heavy atom. The number of hydrogen-bond acceptors (Lipinski definition) is 7. The van der Waals surface area contributed by atoms with E-state index in [-0.39, 0.29) is 0 Å². The predicted molar refractivity (Wildman–Crippen MR) is 97.0 cm³/mol. The van der Waals surface area contributed by atoms with Gasteiger partial charge in [0.1, 0.15) is 5.75 Å². The number of aromatic nitrogens is 4. The molecule has 7 heteroatoms. The Kier molecular flexibility index (Phi) is 4.26. The molecule has 2 aromatic carbocycles. The summed E-state index contributed by atoms with van der Waals surface area (Å²) >= 11 is 0. The minimum absolute atomic E-state index is 0.404. The lowest BCUT2D eigenvalue weighted by Crippen LogP contribution is -2.00. The van der Waals surface area contributed by atoms with Crippen LogP contribution in [0.2, 0.25) is 0 Å². The van der Waals surface area contributed by atoms with Gasteiger partial charge in [-0.3, -0.25) is 0 Å². The zero-order valence-corrected chi connectivity index (χ0v) is 14.0. The number of nitrogens with zero attached hydrogens (tertiary/aromatic N) is 4. The van der Waals surface area contributed by atoms with Crippen molar-refractivity contribution in [3.05, 3.63) is 67.3 Å². The number of methoxy groups -OCH3 is 1. The molecule has 1 N–H and O–H groups in total. The summed E-state index contributed by atoms with van der Waals surface area (Å²) in [5, 5.41) is 11.2. The molecular weight excluding hydrogens is 330 g/mol. The standard InChI is InChI=1S/C19H15N5O2/c1-25-17-9-14(7-8-15(17)18-11-20-12-26-18)22-19-23-16(10-21-24-19)13-5-3-2-4-6-13/h2-12H,1H3,(H,22,23,24). The Morgan fingerprint density at radius 3 is 2.69 bits per heavy atom. The largest absolute Gasteiger partial charge is 0.496 e. The number of oxazole rings is 1. The van der Waals surface area contributed by atoms with Gasteiger partial charge in [-0.1, -0.05) is 30.3 Å². The fraction of sp³-hybridized carbons (Fsp3) is 0.0526. The van der Waals surface area contributed by atoms with Gasteiger partial charge in [0.05, 0.1) is 30.8 Å². The number of ether oxygens (including phenoxy) is 1. The quantitative estimate of drug-likeness (QED) is 0.586. The summed E-state index contributed by atoms with van der Waals surface area (Å²) in [6, 6.07) is 15.4. The molecule has 4 rings (SSSR count). The molecule has 0 spiro atoms. The van der Waals surface area contributed by atoms with Crippen molar-refractivity contribution >= 4 is 11.6 Å². The van der Waals surface area contributed by atoms with Crippen LogP contribution in [-0.2, 0) is 0 Å². The summed E-state index contributed by atoms with van der Waals surface area (Å²) in [6.45, 7) is 0. The summed E-state index contributed by atoms with van der Waals surface area (Å²) in [6.07, 6.45) is 4.66. The van der Waals surface area contributed by atoms with E-state index in [4.69, 9.17) is 9.15 Å². The van der Waals surface area contributed by atoms with E-state index in [1.807, 2.05) is 48.5 Å². The first kappa shape index (κ1) is 15.8. The van der Waals surface area contributed by atoms with E-state index in [9.17, 15) is 0 Å². The monoisotopic (exact) mass is 345 g/mol. The third-order valence-corrected chi connectivity index (χ3v) is 3.78. The SMILES string of the molecule is COc1cc(Nc2nncc(-c3ccccc3)n2)ccc1-c1cnco1. The lowest BCUT2D eigenvalue weighted by Gasteiger charge is -2.10. The van der Waals surface area contributed by atoms with E-state index < -0.39 is 0 Å². The normalized spacial score (nSPS) is 10.5. The van der Waals surface area contributed by atoms with E-state index >= 15 is 0 Å². The summed E-state index contributed by atoms with van der Waals surface area (Å²) in [5.41, 5.74) is 3.31. The van der Waals surface area contributed by atoms with E-state index in [1.165, 1.54) is 6.39 Å². The van der Waals surface area contributed by atoms with Crippen molar-refractivity contribution in [2.24, 2.45) is 0 Å². The molecule has 7 nitrogen and oxygen atoms in total. The third-order valence-electron chi connectivity index (χ3n) is 3.78. The number of anilines is 2. The second-order valence-electron chi connectivity index (χ2n) is 5.44. The van der Waals surface area contributed by atoms with Gasteiger partial charge in [0.25, 0.3) is 0 Å². The zero-order valence-electron chi connectivity index (χ0n) is 14.0. The first-order valence-corrected chi connectivity index (χ1v) is 7.92. The van der Waals surface area contributed by atoms with E-state index in [1.54, 1.807) is 19.5 Å². The summed E-state index contributed by atoms with van der Waals surface area (Å²) in [4.78, 5) is 8.45. The lowest BCUT2D eigenvalue weighted by atomic mass is 10.1. The second kappa shape index (κ2) is 7.02. The molecular formula is C19H15N5O2. The van der Waals surface area contributed by atoms with Crippen LogP contribution in [-0.4, -0.2) is 27.3 Å². The molecule has 0 radical (unpaired) electrons. The topological polar surface area (TPSA) is 86.0 Å². The van der Waals surface area contributed by atoms with Crippen LogP contribution in [0.4, 0.5) is 11.6 Å². The molecule has 4 aromatic rings. The highest BCUT2D eigenvalue weighted by Crippen LogP contribution is 2.32. The maximum Gasteiger partial charge on any atom is 0.247 e. The number of nitrogens with one attached hydrogen (secondary N) is 1. The molecule has 0 bridgehead atoms. The molecule has 0 fully saturated rings. The van der Waals surface area contributed by atoms with Crippen LogP contribution in [0.1, 0.15) is 0 Å². The first-order valence-electron chi connectivity index (χ1n) is 7.92.